The van der Waals surface area contributed by atoms with Crippen molar-refractivity contribution in [3.8, 4) is 5.75 Å². The molecule has 1 amide bonds. The van der Waals surface area contributed by atoms with Gasteiger partial charge < -0.3 is 19.6 Å². The Kier molecular flexibility index (Phi) is 6.56. The number of rotatable bonds is 7. The zero-order chi connectivity index (χ0) is 26.4. The Balaban J connectivity index is 1.32. The fraction of sp³-hybridized carbons (Fsp3) is 0.577. The monoisotopic (exact) mass is 529 g/mol. The normalized spacial score (nSPS) is 22.5. The number of carbonyl (C=O) groups is 1. The van der Waals surface area contributed by atoms with E-state index in [-0.39, 0.29) is 10.4 Å². The first-order valence-electron chi connectivity index (χ1n) is 12.8. The summed E-state index contributed by atoms with van der Waals surface area (Å²) in [4.78, 5) is 26.1. The molecule has 3 fully saturated rings. The summed E-state index contributed by atoms with van der Waals surface area (Å²) in [6, 6.07) is 6.49. The molecule has 4 heterocycles. The second-order valence-corrected chi connectivity index (χ2v) is 12.9. The number of aliphatic hydroxyl groups excluding tert-OH is 1. The summed E-state index contributed by atoms with van der Waals surface area (Å²) in [7, 11) is -4.22. The first-order chi connectivity index (χ1) is 17.5. The van der Waals surface area contributed by atoms with Crippen LogP contribution in [-0.2, 0) is 14.8 Å². The zero-order valence-corrected chi connectivity index (χ0v) is 22.4. The van der Waals surface area contributed by atoms with Crippen LogP contribution in [0.1, 0.15) is 51.5 Å². The van der Waals surface area contributed by atoms with E-state index >= 15 is 0 Å². The fourth-order valence-electron chi connectivity index (χ4n) is 4.82. The highest BCUT2D eigenvalue weighted by atomic mass is 32.2. The number of amides is 1. The number of sulfonamides is 1. The van der Waals surface area contributed by atoms with Crippen molar-refractivity contribution in [1.82, 2.24) is 14.7 Å². The Labute approximate surface area is 218 Å². The predicted molar refractivity (Wildman–Crippen MR) is 139 cm³/mol. The summed E-state index contributed by atoms with van der Waals surface area (Å²) < 4.78 is 34.6. The lowest BCUT2D eigenvalue weighted by molar-refractivity contribution is -0.127. The second-order valence-electron chi connectivity index (χ2n) is 11.2. The van der Waals surface area contributed by atoms with Gasteiger partial charge in [0.2, 0.25) is 0 Å². The number of β-amino-alcohol motifs (C(OH)–C–C–N with tert-alkyl or cyclic N) is 1. The van der Waals surface area contributed by atoms with E-state index in [0.29, 0.717) is 49.7 Å². The van der Waals surface area contributed by atoms with Crippen molar-refractivity contribution in [2.75, 3.05) is 36.0 Å². The van der Waals surface area contributed by atoms with E-state index in [0.717, 1.165) is 31.5 Å². The van der Waals surface area contributed by atoms with Crippen LogP contribution in [0.15, 0.2) is 35.5 Å². The summed E-state index contributed by atoms with van der Waals surface area (Å²) in [5, 5.41) is 9.56. The SMILES string of the molecule is Cc1cnc(N2CCC(C)(C)CC2)c(OC2(C(=O)NS(=O)(=O)c3cccc(N4CC[C@H](O)C4)n3)CC2)c1. The Bertz CT molecular complexity index is 1280. The first kappa shape index (κ1) is 25.7. The highest BCUT2D eigenvalue weighted by molar-refractivity contribution is 7.90. The molecule has 0 bridgehead atoms. The summed E-state index contributed by atoms with van der Waals surface area (Å²) >= 11 is 0. The van der Waals surface area contributed by atoms with Crippen LogP contribution in [0.25, 0.3) is 0 Å². The Morgan fingerprint density at radius 1 is 1.14 bits per heavy atom. The number of carbonyl (C=O) groups excluding carboxylic acids is 1. The van der Waals surface area contributed by atoms with Crippen LogP contribution < -0.4 is 19.3 Å². The molecule has 200 valence electrons. The average Bonchev–Trinajstić information content (AvgIpc) is 3.50. The number of aliphatic hydroxyl groups is 1. The van der Waals surface area contributed by atoms with Crippen molar-refractivity contribution < 1.29 is 23.1 Å². The van der Waals surface area contributed by atoms with Crippen molar-refractivity contribution >= 4 is 27.6 Å². The van der Waals surface area contributed by atoms with Gasteiger partial charge in [0.1, 0.15) is 5.82 Å². The number of aromatic nitrogens is 2. The van der Waals surface area contributed by atoms with E-state index in [4.69, 9.17) is 4.74 Å². The number of anilines is 2. The van der Waals surface area contributed by atoms with Crippen LogP contribution >= 0.6 is 0 Å². The number of aryl methyl sites for hydroxylation is 1. The molecule has 2 aromatic heterocycles. The molecule has 2 aliphatic heterocycles. The molecule has 2 aromatic rings. The molecule has 2 saturated heterocycles. The number of piperidine rings is 1. The number of hydrogen-bond acceptors (Lipinski definition) is 9. The molecule has 0 radical (unpaired) electrons. The molecule has 2 N–H and O–H groups in total. The molecule has 1 atom stereocenters. The third kappa shape index (κ3) is 5.52. The Morgan fingerprint density at radius 3 is 2.51 bits per heavy atom. The second kappa shape index (κ2) is 9.43. The van der Waals surface area contributed by atoms with Gasteiger partial charge in [0.25, 0.3) is 15.9 Å². The summed E-state index contributed by atoms with van der Waals surface area (Å²) in [6.07, 6.45) is 4.78. The lowest BCUT2D eigenvalue weighted by Gasteiger charge is -2.38. The highest BCUT2D eigenvalue weighted by Gasteiger charge is 2.55. The number of hydrogen-bond donors (Lipinski definition) is 2. The maximum absolute atomic E-state index is 13.2. The minimum Gasteiger partial charge on any atom is -0.474 e. The van der Waals surface area contributed by atoms with Gasteiger partial charge in [-0.15, -0.1) is 0 Å². The van der Waals surface area contributed by atoms with Gasteiger partial charge in [-0.1, -0.05) is 19.9 Å². The fourth-order valence-corrected chi connectivity index (χ4v) is 5.82. The van der Waals surface area contributed by atoms with Gasteiger partial charge in [-0.05, 0) is 55.4 Å². The van der Waals surface area contributed by atoms with E-state index in [1.807, 2.05) is 17.9 Å². The largest absolute Gasteiger partial charge is 0.474 e. The molecule has 1 saturated carbocycles. The van der Waals surface area contributed by atoms with E-state index in [2.05, 4.69) is 33.4 Å². The first-order valence-corrected chi connectivity index (χ1v) is 14.3. The van der Waals surface area contributed by atoms with E-state index in [1.165, 1.54) is 6.07 Å². The number of nitrogens with one attached hydrogen (secondary N) is 1. The van der Waals surface area contributed by atoms with Crippen LogP contribution in [0.2, 0.25) is 0 Å². The number of ether oxygens (including phenoxy) is 1. The lowest BCUT2D eigenvalue weighted by atomic mass is 9.83. The van der Waals surface area contributed by atoms with Crippen LogP contribution in [0.3, 0.4) is 0 Å². The standard InChI is InChI=1S/C26H35N5O5S/c1-18-15-20(23(27-16-18)30-13-10-25(2,3)11-14-30)36-26(8-9-26)24(33)29-37(34,35)22-6-4-5-21(28-22)31-12-7-19(32)17-31/h4-6,15-16,19,32H,7-14,17H2,1-3H3,(H,29,33)/t19-/m0/s1. The highest BCUT2D eigenvalue weighted by Crippen LogP contribution is 2.44. The molecule has 0 aromatic carbocycles. The van der Waals surface area contributed by atoms with Gasteiger partial charge in [-0.2, -0.15) is 8.42 Å². The van der Waals surface area contributed by atoms with Crippen LogP contribution in [0.5, 0.6) is 5.75 Å². The average molecular weight is 530 g/mol. The molecule has 37 heavy (non-hydrogen) atoms. The molecule has 1 aliphatic carbocycles. The molecule has 3 aliphatic rings. The van der Waals surface area contributed by atoms with Crippen molar-refractivity contribution in [1.29, 1.82) is 0 Å². The van der Waals surface area contributed by atoms with Crippen LogP contribution in [-0.4, -0.2) is 67.3 Å². The topological polar surface area (TPSA) is 125 Å². The summed E-state index contributed by atoms with van der Waals surface area (Å²) in [6.45, 7) is 9.07. The minimum absolute atomic E-state index is 0.246. The number of nitrogens with zero attached hydrogens (tertiary/aromatic N) is 4. The van der Waals surface area contributed by atoms with Gasteiger partial charge >= 0.3 is 0 Å². The molecular weight excluding hydrogens is 494 g/mol. The van der Waals surface area contributed by atoms with E-state index < -0.39 is 27.6 Å². The lowest BCUT2D eigenvalue weighted by Crippen LogP contribution is -2.44. The Hall–Kier alpha value is -2.92. The van der Waals surface area contributed by atoms with Crippen LogP contribution in [0.4, 0.5) is 11.6 Å². The zero-order valence-electron chi connectivity index (χ0n) is 21.6. The predicted octanol–water partition coefficient (Wildman–Crippen LogP) is 2.40. The molecule has 0 spiro atoms. The molecule has 0 unspecified atom stereocenters. The maximum atomic E-state index is 13.2. The van der Waals surface area contributed by atoms with Crippen molar-refractivity contribution in [3.05, 3.63) is 36.0 Å². The smallest absolute Gasteiger partial charge is 0.281 e. The molecule has 5 rings (SSSR count). The minimum atomic E-state index is -4.22. The maximum Gasteiger partial charge on any atom is 0.281 e. The quantitative estimate of drug-likeness (QED) is 0.556. The summed E-state index contributed by atoms with van der Waals surface area (Å²) in [5.74, 6) is 0.927. The Morgan fingerprint density at radius 2 is 1.86 bits per heavy atom. The molecular formula is C26H35N5O5S. The third-order valence-corrected chi connectivity index (χ3v) is 8.74. The van der Waals surface area contributed by atoms with E-state index in [9.17, 15) is 18.3 Å². The van der Waals surface area contributed by atoms with Gasteiger partial charge in [-0.3, -0.25) is 4.79 Å². The molecule has 11 heteroatoms. The van der Waals surface area contributed by atoms with Crippen LogP contribution in [0, 0.1) is 12.3 Å². The van der Waals surface area contributed by atoms with Gasteiger partial charge in [0.15, 0.2) is 22.2 Å². The van der Waals surface area contributed by atoms with Crippen molar-refractivity contribution in [2.45, 2.75) is 69.6 Å². The van der Waals surface area contributed by atoms with Gasteiger partial charge in [-0.25, -0.2) is 14.7 Å². The van der Waals surface area contributed by atoms with Crippen molar-refractivity contribution in [2.24, 2.45) is 5.41 Å². The van der Waals surface area contributed by atoms with E-state index in [1.54, 1.807) is 18.3 Å². The van der Waals surface area contributed by atoms with Gasteiger partial charge in [0, 0.05) is 45.2 Å². The number of pyridine rings is 2. The third-order valence-electron chi connectivity index (χ3n) is 7.51. The summed E-state index contributed by atoms with van der Waals surface area (Å²) in [5.41, 5.74) is -0.0927. The van der Waals surface area contributed by atoms with Gasteiger partial charge in [0.05, 0.1) is 6.10 Å². The van der Waals surface area contributed by atoms with Crippen molar-refractivity contribution in [3.63, 3.8) is 0 Å². The molecule has 10 nitrogen and oxygen atoms in total.